The maximum Gasteiger partial charge on any atom is 0.255 e. The van der Waals surface area contributed by atoms with Crippen molar-refractivity contribution in [2.45, 2.75) is 33.7 Å². The van der Waals surface area contributed by atoms with Gasteiger partial charge in [0.25, 0.3) is 5.91 Å². The number of rotatable bonds is 7. The lowest BCUT2D eigenvalue weighted by Crippen LogP contribution is -2.47. The third-order valence-electron chi connectivity index (χ3n) is 4.11. The van der Waals surface area contributed by atoms with E-state index in [1.807, 2.05) is 27.7 Å². The number of amides is 2. The highest BCUT2D eigenvalue weighted by molar-refractivity contribution is 6.30. The Kier molecular flexibility index (Phi) is 7.25. The predicted octanol–water partition coefficient (Wildman–Crippen LogP) is 4.44. The third kappa shape index (κ3) is 5.47. The Bertz CT molecular complexity index is 821. The minimum Gasteiger partial charge on any atom is -0.493 e. The molecule has 0 aliphatic carbocycles. The summed E-state index contributed by atoms with van der Waals surface area (Å²) in [5, 5.41) is 6.30. The Labute approximate surface area is 165 Å². The smallest absolute Gasteiger partial charge is 0.255 e. The molecule has 0 aliphatic heterocycles. The van der Waals surface area contributed by atoms with Crippen molar-refractivity contribution < 1.29 is 14.3 Å². The first-order valence-corrected chi connectivity index (χ1v) is 9.31. The molecule has 0 unspecified atom stereocenters. The number of ether oxygens (including phenoxy) is 1. The molecule has 2 aromatic carbocycles. The molecular formula is C21H25ClN2O3. The van der Waals surface area contributed by atoms with Crippen LogP contribution < -0.4 is 15.4 Å². The van der Waals surface area contributed by atoms with E-state index in [0.717, 1.165) is 5.56 Å². The highest BCUT2D eigenvalue weighted by atomic mass is 35.5. The lowest BCUT2D eigenvalue weighted by atomic mass is 10.0. The van der Waals surface area contributed by atoms with Crippen LogP contribution in [-0.2, 0) is 4.79 Å². The summed E-state index contributed by atoms with van der Waals surface area (Å²) in [5.74, 6) is -0.229. The van der Waals surface area contributed by atoms with Crippen LogP contribution >= 0.6 is 11.6 Å². The number of carbonyl (C=O) groups is 2. The maximum absolute atomic E-state index is 12.8. The van der Waals surface area contributed by atoms with E-state index in [1.54, 1.807) is 42.5 Å². The molecule has 0 heterocycles. The summed E-state index contributed by atoms with van der Waals surface area (Å²) in [6.45, 7) is 7.94. The molecule has 0 bridgehead atoms. The van der Waals surface area contributed by atoms with Crippen molar-refractivity contribution in [3.05, 3.63) is 58.6 Å². The van der Waals surface area contributed by atoms with Crippen molar-refractivity contribution in [3.63, 3.8) is 0 Å². The van der Waals surface area contributed by atoms with Gasteiger partial charge in [-0.05, 0) is 55.7 Å². The van der Waals surface area contributed by atoms with Gasteiger partial charge in [0.05, 0.1) is 12.2 Å². The van der Waals surface area contributed by atoms with E-state index in [4.69, 9.17) is 16.3 Å². The van der Waals surface area contributed by atoms with Gasteiger partial charge in [-0.3, -0.25) is 9.59 Å². The second-order valence-corrected chi connectivity index (χ2v) is 7.01. The Morgan fingerprint density at radius 3 is 2.48 bits per heavy atom. The number of para-hydroxylation sites is 1. The van der Waals surface area contributed by atoms with Gasteiger partial charge < -0.3 is 15.4 Å². The van der Waals surface area contributed by atoms with E-state index in [0.29, 0.717) is 28.6 Å². The van der Waals surface area contributed by atoms with Gasteiger partial charge in [0.15, 0.2) is 0 Å². The number of anilines is 1. The van der Waals surface area contributed by atoms with Crippen LogP contribution in [0.1, 0.15) is 36.7 Å². The van der Waals surface area contributed by atoms with Gasteiger partial charge in [-0.1, -0.05) is 37.6 Å². The Balaban J connectivity index is 2.17. The molecule has 0 spiro atoms. The van der Waals surface area contributed by atoms with E-state index in [2.05, 4.69) is 10.6 Å². The Morgan fingerprint density at radius 2 is 1.85 bits per heavy atom. The molecule has 0 fully saturated rings. The van der Waals surface area contributed by atoms with Gasteiger partial charge in [0, 0.05) is 10.7 Å². The topological polar surface area (TPSA) is 67.4 Å². The average Bonchev–Trinajstić information content (AvgIpc) is 2.62. The van der Waals surface area contributed by atoms with Gasteiger partial charge in [-0.25, -0.2) is 0 Å². The zero-order chi connectivity index (χ0) is 20.0. The fourth-order valence-corrected chi connectivity index (χ4v) is 2.89. The van der Waals surface area contributed by atoms with Crippen molar-refractivity contribution in [2.75, 3.05) is 11.9 Å². The van der Waals surface area contributed by atoms with Crippen LogP contribution in [0.3, 0.4) is 0 Å². The van der Waals surface area contributed by atoms with Gasteiger partial charge in [-0.15, -0.1) is 0 Å². The standard InChI is InChI=1S/C21H25ClN2O3/c1-5-27-18-9-7-6-8-16(18)20(25)24-19(13(2)3)21(26)23-17-11-10-15(22)12-14(17)4/h6-13,19H,5H2,1-4H3,(H,23,26)(H,24,25)/t19-/m0/s1. The highest BCUT2D eigenvalue weighted by Gasteiger charge is 2.26. The van der Waals surface area contributed by atoms with Gasteiger partial charge in [-0.2, -0.15) is 0 Å². The monoisotopic (exact) mass is 388 g/mol. The van der Waals surface area contributed by atoms with Crippen LogP contribution in [0.15, 0.2) is 42.5 Å². The van der Waals surface area contributed by atoms with E-state index >= 15 is 0 Å². The number of benzene rings is 2. The molecule has 5 nitrogen and oxygen atoms in total. The molecule has 2 aromatic rings. The summed E-state index contributed by atoms with van der Waals surface area (Å²) in [6, 6.07) is 11.5. The molecule has 144 valence electrons. The fourth-order valence-electron chi connectivity index (χ4n) is 2.67. The second kappa shape index (κ2) is 9.42. The van der Waals surface area contributed by atoms with Crippen molar-refractivity contribution in [1.29, 1.82) is 0 Å². The molecule has 0 aromatic heterocycles. The van der Waals surface area contributed by atoms with Gasteiger partial charge in [0.2, 0.25) is 5.91 Å². The lowest BCUT2D eigenvalue weighted by molar-refractivity contribution is -0.118. The van der Waals surface area contributed by atoms with Crippen LogP contribution in [0.5, 0.6) is 5.75 Å². The normalized spacial score (nSPS) is 11.8. The first-order valence-electron chi connectivity index (χ1n) is 8.93. The van der Waals surface area contributed by atoms with E-state index in [9.17, 15) is 9.59 Å². The van der Waals surface area contributed by atoms with E-state index in [-0.39, 0.29) is 17.7 Å². The second-order valence-electron chi connectivity index (χ2n) is 6.57. The van der Waals surface area contributed by atoms with E-state index in [1.165, 1.54) is 0 Å². The van der Waals surface area contributed by atoms with Gasteiger partial charge in [0.1, 0.15) is 11.8 Å². The molecule has 6 heteroatoms. The predicted molar refractivity (Wildman–Crippen MR) is 109 cm³/mol. The summed E-state index contributed by atoms with van der Waals surface area (Å²) in [5.41, 5.74) is 1.92. The first-order chi connectivity index (χ1) is 12.8. The molecule has 0 radical (unpaired) electrons. The maximum atomic E-state index is 12.8. The Hall–Kier alpha value is -2.53. The quantitative estimate of drug-likeness (QED) is 0.736. The van der Waals surface area contributed by atoms with Crippen LogP contribution in [0, 0.1) is 12.8 Å². The summed E-state index contributed by atoms with van der Waals surface area (Å²) in [6.07, 6.45) is 0. The first kappa shape index (κ1) is 20.8. The number of hydrogen-bond donors (Lipinski definition) is 2. The van der Waals surface area contributed by atoms with Crippen LogP contribution in [0.25, 0.3) is 0 Å². The summed E-state index contributed by atoms with van der Waals surface area (Å²) in [4.78, 5) is 25.5. The van der Waals surface area contributed by atoms with Crippen molar-refractivity contribution in [3.8, 4) is 5.75 Å². The van der Waals surface area contributed by atoms with Crippen LogP contribution in [0.4, 0.5) is 5.69 Å². The van der Waals surface area contributed by atoms with Gasteiger partial charge >= 0.3 is 0 Å². The number of hydrogen-bond acceptors (Lipinski definition) is 3. The number of aryl methyl sites for hydroxylation is 1. The summed E-state index contributed by atoms with van der Waals surface area (Å²) < 4.78 is 5.51. The zero-order valence-electron chi connectivity index (χ0n) is 16.0. The molecule has 2 rings (SSSR count). The number of halogens is 1. The van der Waals surface area contributed by atoms with E-state index < -0.39 is 6.04 Å². The molecule has 27 heavy (non-hydrogen) atoms. The van der Waals surface area contributed by atoms with Crippen molar-refractivity contribution in [1.82, 2.24) is 5.32 Å². The highest BCUT2D eigenvalue weighted by Crippen LogP contribution is 2.21. The molecular weight excluding hydrogens is 364 g/mol. The fraction of sp³-hybridized carbons (Fsp3) is 0.333. The molecule has 2 amide bonds. The lowest BCUT2D eigenvalue weighted by Gasteiger charge is -2.23. The summed E-state index contributed by atoms with van der Waals surface area (Å²) in [7, 11) is 0. The number of carbonyl (C=O) groups excluding carboxylic acids is 2. The number of nitrogens with one attached hydrogen (secondary N) is 2. The molecule has 0 saturated carbocycles. The van der Waals surface area contributed by atoms with Crippen molar-refractivity contribution >= 4 is 29.1 Å². The van der Waals surface area contributed by atoms with Crippen molar-refractivity contribution in [2.24, 2.45) is 5.92 Å². The average molecular weight is 389 g/mol. The molecule has 0 aliphatic rings. The molecule has 2 N–H and O–H groups in total. The largest absolute Gasteiger partial charge is 0.493 e. The summed E-state index contributed by atoms with van der Waals surface area (Å²) >= 11 is 5.96. The van der Waals surface area contributed by atoms with Crippen LogP contribution in [0.2, 0.25) is 5.02 Å². The minimum atomic E-state index is -0.692. The van der Waals surface area contributed by atoms with Crippen LogP contribution in [-0.4, -0.2) is 24.5 Å². The minimum absolute atomic E-state index is 0.0965. The Morgan fingerprint density at radius 1 is 1.15 bits per heavy atom. The molecule has 0 saturated heterocycles. The SMILES string of the molecule is CCOc1ccccc1C(=O)N[C@H](C(=O)Nc1ccc(Cl)cc1C)C(C)C. The third-order valence-corrected chi connectivity index (χ3v) is 4.35. The zero-order valence-corrected chi connectivity index (χ0v) is 16.8. The molecule has 1 atom stereocenters.